The molecule has 0 aliphatic carbocycles. The maximum Gasteiger partial charge on any atom is 0.435 e. The second kappa shape index (κ2) is 11.0. The minimum absolute atomic E-state index is 0.159. The highest BCUT2D eigenvalue weighted by Crippen LogP contribution is 2.54. The zero-order chi connectivity index (χ0) is 28.6. The summed E-state index contributed by atoms with van der Waals surface area (Å²) in [6, 6.07) is 12.9. The van der Waals surface area contributed by atoms with Gasteiger partial charge in [-0.05, 0) is 44.2 Å². The molecule has 2 aromatic carbocycles. The number of amides is 1. The first kappa shape index (κ1) is 29.2. The van der Waals surface area contributed by atoms with Gasteiger partial charge in [0.15, 0.2) is 17.5 Å². The SMILES string of the molecule is Cc1ccc(OP(=S)(OC[C@@]2(C(F)F)O[C@@H](N3C=CC(=O)CC3=O)C(F)(F)[C@@H]2O)Oc2ccc(C)cc2)cc1. The second-order valence-corrected chi connectivity index (χ2v) is 12.0. The number of alkyl halides is 4. The molecule has 0 radical (unpaired) electrons. The Hall–Kier alpha value is -2.83. The molecule has 0 spiro atoms. The standard InChI is InChI=1S/C25H24F4NO7PS/c1-15-3-7-18(8-4-15)36-38(39,37-19-9-5-16(2)6-10-19)34-14-24(22(26)27)21(33)25(28,29)23(35-24)30-12-11-17(31)13-20(30)32/h3-12,21-23,33H,13-14H2,1-2H3/t21-,23-,24-/m1/s1. The molecule has 4 rings (SSSR count). The number of ketones is 1. The number of carbonyl (C=O) groups excluding carboxylic acids is 2. The molecule has 2 aromatic rings. The number of hydrogen-bond donors (Lipinski definition) is 1. The Labute approximate surface area is 226 Å². The Morgan fingerprint density at radius 3 is 2.03 bits per heavy atom. The molecular weight excluding hydrogens is 565 g/mol. The van der Waals surface area contributed by atoms with E-state index in [0.717, 1.165) is 17.2 Å². The Morgan fingerprint density at radius 2 is 1.56 bits per heavy atom. The first-order valence-corrected chi connectivity index (χ1v) is 14.1. The van der Waals surface area contributed by atoms with Crippen LogP contribution in [0.4, 0.5) is 17.6 Å². The second-order valence-electron chi connectivity index (χ2n) is 9.09. The molecule has 1 amide bonds. The van der Waals surface area contributed by atoms with E-state index in [-0.39, 0.29) is 11.5 Å². The van der Waals surface area contributed by atoms with E-state index in [1.807, 2.05) is 13.8 Å². The summed E-state index contributed by atoms with van der Waals surface area (Å²) in [5.74, 6) is -5.83. The lowest BCUT2D eigenvalue weighted by atomic mass is 9.95. The molecule has 1 N–H and O–H groups in total. The van der Waals surface area contributed by atoms with Crippen molar-refractivity contribution in [3.05, 3.63) is 71.9 Å². The number of benzene rings is 2. The number of rotatable bonds is 9. The van der Waals surface area contributed by atoms with Crippen LogP contribution in [0.5, 0.6) is 11.5 Å². The quantitative estimate of drug-likeness (QED) is 0.256. The predicted molar refractivity (Wildman–Crippen MR) is 134 cm³/mol. The van der Waals surface area contributed by atoms with Gasteiger partial charge in [0.25, 0.3) is 6.43 Å². The van der Waals surface area contributed by atoms with Crippen LogP contribution in [-0.4, -0.2) is 58.6 Å². The molecule has 8 nitrogen and oxygen atoms in total. The lowest BCUT2D eigenvalue weighted by Gasteiger charge is -2.33. The number of aliphatic hydroxyl groups excluding tert-OH is 1. The van der Waals surface area contributed by atoms with Crippen LogP contribution >= 0.6 is 6.72 Å². The third-order valence-corrected chi connectivity index (χ3v) is 8.15. The summed E-state index contributed by atoms with van der Waals surface area (Å²) in [4.78, 5) is 24.0. The number of aryl methyl sites for hydroxylation is 2. The van der Waals surface area contributed by atoms with Crippen molar-refractivity contribution >= 4 is 30.2 Å². The van der Waals surface area contributed by atoms with Crippen LogP contribution in [0.1, 0.15) is 17.5 Å². The largest absolute Gasteiger partial charge is 0.435 e. The van der Waals surface area contributed by atoms with Gasteiger partial charge in [0.1, 0.15) is 11.5 Å². The molecule has 39 heavy (non-hydrogen) atoms. The van der Waals surface area contributed by atoms with Crippen LogP contribution in [0, 0.1) is 13.8 Å². The summed E-state index contributed by atoms with van der Waals surface area (Å²) in [6.07, 6.45) is -8.73. The Balaban J connectivity index is 1.64. The molecular formula is C25H24F4NO7PS. The van der Waals surface area contributed by atoms with Gasteiger partial charge in [-0.1, -0.05) is 35.4 Å². The first-order valence-electron chi connectivity index (χ1n) is 11.6. The molecule has 0 bridgehead atoms. The van der Waals surface area contributed by atoms with E-state index in [1.54, 1.807) is 24.3 Å². The maximum absolute atomic E-state index is 15.1. The third kappa shape index (κ3) is 6.02. The topological polar surface area (TPSA) is 94.5 Å². The highest BCUT2D eigenvalue weighted by molar-refractivity contribution is 8.07. The molecule has 14 heteroatoms. The van der Waals surface area contributed by atoms with Crippen LogP contribution in [0.15, 0.2) is 60.8 Å². The van der Waals surface area contributed by atoms with Gasteiger partial charge in [-0.15, -0.1) is 0 Å². The summed E-state index contributed by atoms with van der Waals surface area (Å²) in [5, 5.41) is 10.4. The predicted octanol–water partition coefficient (Wildman–Crippen LogP) is 4.67. The Bertz CT molecular complexity index is 1260. The van der Waals surface area contributed by atoms with Gasteiger partial charge in [0.05, 0.1) is 13.0 Å². The number of nitrogens with zero attached hydrogens (tertiary/aromatic N) is 1. The van der Waals surface area contributed by atoms with Gasteiger partial charge < -0.3 is 18.9 Å². The minimum atomic E-state index is -4.38. The molecule has 2 aliphatic rings. The molecule has 210 valence electrons. The van der Waals surface area contributed by atoms with Crippen LogP contribution in [0.2, 0.25) is 0 Å². The van der Waals surface area contributed by atoms with E-state index in [9.17, 15) is 23.5 Å². The molecule has 0 saturated carbocycles. The fourth-order valence-corrected chi connectivity index (χ4v) is 5.80. The molecule has 2 aliphatic heterocycles. The summed E-state index contributed by atoms with van der Waals surface area (Å²) in [7, 11) is 0. The van der Waals surface area contributed by atoms with Gasteiger partial charge in [0.2, 0.25) is 12.1 Å². The summed E-state index contributed by atoms with van der Waals surface area (Å²) >= 11 is 5.45. The molecule has 1 fully saturated rings. The maximum atomic E-state index is 15.1. The number of carbonyl (C=O) groups is 2. The summed E-state index contributed by atoms with van der Waals surface area (Å²) in [5.41, 5.74) is -1.57. The van der Waals surface area contributed by atoms with Crippen molar-refractivity contribution in [1.82, 2.24) is 4.90 Å². The van der Waals surface area contributed by atoms with Crippen LogP contribution < -0.4 is 9.05 Å². The summed E-state index contributed by atoms with van der Waals surface area (Å²) in [6.45, 7) is -1.78. The van der Waals surface area contributed by atoms with E-state index in [1.165, 1.54) is 24.3 Å². The highest BCUT2D eigenvalue weighted by Gasteiger charge is 2.72. The molecule has 2 heterocycles. The molecule has 0 unspecified atom stereocenters. The normalized spacial score (nSPS) is 24.9. The van der Waals surface area contributed by atoms with Crippen molar-refractivity contribution in [2.24, 2.45) is 0 Å². The van der Waals surface area contributed by atoms with Crippen molar-refractivity contribution in [3.8, 4) is 11.5 Å². The number of hydrogen-bond acceptors (Lipinski definition) is 8. The zero-order valence-electron chi connectivity index (χ0n) is 20.6. The monoisotopic (exact) mass is 589 g/mol. The van der Waals surface area contributed by atoms with Gasteiger partial charge in [-0.3, -0.25) is 19.0 Å². The number of ether oxygens (including phenoxy) is 1. The van der Waals surface area contributed by atoms with Crippen LogP contribution in [0.25, 0.3) is 0 Å². The van der Waals surface area contributed by atoms with Gasteiger partial charge in [-0.25, -0.2) is 8.78 Å². The Kier molecular flexibility index (Phi) is 8.21. The number of halogens is 4. The van der Waals surface area contributed by atoms with E-state index in [2.05, 4.69) is 0 Å². The van der Waals surface area contributed by atoms with E-state index in [0.29, 0.717) is 11.1 Å². The summed E-state index contributed by atoms with van der Waals surface area (Å²) < 4.78 is 81.2. The molecule has 0 aromatic heterocycles. The smallest absolute Gasteiger partial charge is 0.416 e. The van der Waals surface area contributed by atoms with Gasteiger partial charge >= 0.3 is 12.6 Å². The minimum Gasteiger partial charge on any atom is -0.416 e. The lowest BCUT2D eigenvalue weighted by molar-refractivity contribution is -0.201. The van der Waals surface area contributed by atoms with E-state index in [4.69, 9.17) is 30.1 Å². The molecule has 3 atom stereocenters. The Morgan fingerprint density at radius 1 is 1.05 bits per heavy atom. The number of aliphatic hydroxyl groups is 1. The average Bonchev–Trinajstić information content (AvgIpc) is 3.07. The lowest BCUT2D eigenvalue weighted by Crippen LogP contribution is -2.54. The van der Waals surface area contributed by atoms with E-state index < -0.39 is 61.7 Å². The fraction of sp³-hybridized carbons (Fsp3) is 0.360. The third-order valence-electron chi connectivity index (χ3n) is 6.07. The fourth-order valence-electron chi connectivity index (χ4n) is 3.86. The highest BCUT2D eigenvalue weighted by atomic mass is 32.5. The van der Waals surface area contributed by atoms with Gasteiger partial charge in [0, 0.05) is 18.0 Å². The van der Waals surface area contributed by atoms with Crippen molar-refractivity contribution < 1.29 is 50.6 Å². The zero-order valence-corrected chi connectivity index (χ0v) is 22.3. The molecule has 1 saturated heterocycles. The van der Waals surface area contributed by atoms with Crippen molar-refractivity contribution in [2.45, 2.75) is 50.5 Å². The van der Waals surface area contributed by atoms with Crippen LogP contribution in [-0.2, 0) is 30.7 Å². The van der Waals surface area contributed by atoms with Crippen molar-refractivity contribution in [1.29, 1.82) is 0 Å². The van der Waals surface area contributed by atoms with E-state index >= 15 is 8.78 Å². The van der Waals surface area contributed by atoms with Crippen LogP contribution in [0.3, 0.4) is 0 Å². The van der Waals surface area contributed by atoms with Crippen molar-refractivity contribution in [2.75, 3.05) is 6.61 Å². The average molecular weight is 590 g/mol. The van der Waals surface area contributed by atoms with Crippen molar-refractivity contribution in [3.63, 3.8) is 0 Å². The first-order chi connectivity index (χ1) is 18.3. The number of allylic oxidation sites excluding steroid dienone is 1. The van der Waals surface area contributed by atoms with Gasteiger partial charge in [-0.2, -0.15) is 8.78 Å².